The van der Waals surface area contributed by atoms with Crippen molar-refractivity contribution in [3.63, 3.8) is 0 Å². The quantitative estimate of drug-likeness (QED) is 0.343. The molecule has 37 heavy (non-hydrogen) atoms. The molecule has 2 aromatic rings. The Labute approximate surface area is 231 Å². The third-order valence-corrected chi connectivity index (χ3v) is 8.81. The van der Waals surface area contributed by atoms with Crippen molar-refractivity contribution in [2.24, 2.45) is 0 Å². The summed E-state index contributed by atoms with van der Waals surface area (Å²) >= 11 is 2.24. The molecule has 0 unspecified atom stereocenters. The van der Waals surface area contributed by atoms with E-state index < -0.39 is 16.3 Å². The first-order valence-electron chi connectivity index (χ1n) is 12.1. The molecule has 2 N–H and O–H groups in total. The van der Waals surface area contributed by atoms with Gasteiger partial charge in [-0.3, -0.25) is 4.79 Å². The van der Waals surface area contributed by atoms with Crippen molar-refractivity contribution in [2.75, 3.05) is 33.4 Å². The van der Waals surface area contributed by atoms with E-state index in [1.165, 1.54) is 23.5 Å². The third kappa shape index (κ3) is 7.44. The van der Waals surface area contributed by atoms with Crippen molar-refractivity contribution in [1.29, 1.82) is 0 Å². The Bertz CT molecular complexity index is 1200. The number of carbonyl (C=O) groups excluding carboxylic acids is 1. The summed E-state index contributed by atoms with van der Waals surface area (Å²) in [6.07, 6.45) is 3.50. The maximum Gasteiger partial charge on any atom is 0.286 e. The molecule has 0 saturated heterocycles. The molecule has 4 rings (SSSR count). The Kier molecular flexibility index (Phi) is 9.46. The van der Waals surface area contributed by atoms with E-state index in [0.29, 0.717) is 12.2 Å². The Hall–Kier alpha value is -2.19. The van der Waals surface area contributed by atoms with Crippen LogP contribution >= 0.6 is 22.6 Å². The Morgan fingerprint density at radius 1 is 1.14 bits per heavy atom. The molecule has 0 spiro atoms. The molecule has 11 heteroatoms. The van der Waals surface area contributed by atoms with Gasteiger partial charge in [-0.15, -0.1) is 0 Å². The van der Waals surface area contributed by atoms with Gasteiger partial charge in [0.1, 0.15) is 5.75 Å². The highest BCUT2D eigenvalue weighted by Gasteiger charge is 2.32. The number of allylic oxidation sites excluding steroid dienone is 1. The predicted molar refractivity (Wildman–Crippen MR) is 145 cm³/mol. The second-order valence-corrected chi connectivity index (χ2v) is 12.1. The number of aliphatic hydroxyl groups is 1. The first-order chi connectivity index (χ1) is 17.8. The van der Waals surface area contributed by atoms with Crippen LogP contribution in [0, 0.1) is 3.57 Å². The molecule has 2 aliphatic rings. The van der Waals surface area contributed by atoms with Crippen LogP contribution in [0.1, 0.15) is 30.7 Å². The SMILES string of the molecule is COc1ccc(S(=O)(=O)N(CCO)CCO[C@H]2C[C@@H](c3ccc(I)cc3)C=C(C(=O)NC3CC3)O2)cc1. The lowest BCUT2D eigenvalue weighted by molar-refractivity contribution is -0.146. The molecule has 0 radical (unpaired) electrons. The molecule has 1 amide bonds. The number of hydrogen-bond donors (Lipinski definition) is 2. The number of nitrogens with zero attached hydrogens (tertiary/aromatic N) is 1. The molecule has 1 heterocycles. The van der Waals surface area contributed by atoms with Crippen molar-refractivity contribution < 1.29 is 32.5 Å². The van der Waals surface area contributed by atoms with Gasteiger partial charge in [0.2, 0.25) is 16.3 Å². The summed E-state index contributed by atoms with van der Waals surface area (Å²) in [5.41, 5.74) is 1.04. The van der Waals surface area contributed by atoms with Gasteiger partial charge in [-0.1, -0.05) is 12.1 Å². The number of amides is 1. The number of carbonyl (C=O) groups is 1. The van der Waals surface area contributed by atoms with Gasteiger partial charge in [0, 0.05) is 35.0 Å². The van der Waals surface area contributed by atoms with Crippen LogP contribution in [0.2, 0.25) is 0 Å². The summed E-state index contributed by atoms with van der Waals surface area (Å²) in [4.78, 5) is 12.8. The molecule has 2 atom stereocenters. The van der Waals surface area contributed by atoms with Gasteiger partial charge in [0.05, 0.1) is 25.2 Å². The van der Waals surface area contributed by atoms with Gasteiger partial charge < -0.3 is 24.6 Å². The molecule has 2 aromatic carbocycles. The molecular formula is C26H31IN2O7S. The zero-order chi connectivity index (χ0) is 26.4. The van der Waals surface area contributed by atoms with E-state index >= 15 is 0 Å². The van der Waals surface area contributed by atoms with Gasteiger partial charge in [-0.05, 0) is 83.5 Å². The highest BCUT2D eigenvalue weighted by Crippen LogP contribution is 2.32. The highest BCUT2D eigenvalue weighted by molar-refractivity contribution is 14.1. The normalized spacial score (nSPS) is 19.7. The third-order valence-electron chi connectivity index (χ3n) is 6.18. The summed E-state index contributed by atoms with van der Waals surface area (Å²) in [7, 11) is -2.35. The fourth-order valence-electron chi connectivity index (χ4n) is 3.99. The van der Waals surface area contributed by atoms with Crippen LogP contribution in [0.3, 0.4) is 0 Å². The van der Waals surface area contributed by atoms with Crippen LogP contribution in [0.25, 0.3) is 0 Å². The van der Waals surface area contributed by atoms with E-state index in [1.54, 1.807) is 12.1 Å². The van der Waals surface area contributed by atoms with Crippen molar-refractivity contribution in [1.82, 2.24) is 9.62 Å². The fraction of sp³-hybridized carbons (Fsp3) is 0.423. The second-order valence-electron chi connectivity index (χ2n) is 8.89. The van der Waals surface area contributed by atoms with Crippen LogP contribution in [0.4, 0.5) is 0 Å². The predicted octanol–water partition coefficient (Wildman–Crippen LogP) is 2.99. The average Bonchev–Trinajstić information content (AvgIpc) is 3.72. The Morgan fingerprint density at radius 3 is 2.46 bits per heavy atom. The summed E-state index contributed by atoms with van der Waals surface area (Å²) in [5.74, 6) is 0.398. The number of ether oxygens (including phenoxy) is 3. The molecule has 0 bridgehead atoms. The Balaban J connectivity index is 1.43. The molecule has 1 fully saturated rings. The van der Waals surface area contributed by atoms with Gasteiger partial charge in [0.15, 0.2) is 5.76 Å². The Morgan fingerprint density at radius 2 is 1.84 bits per heavy atom. The monoisotopic (exact) mass is 642 g/mol. The average molecular weight is 643 g/mol. The van der Waals surface area contributed by atoms with Crippen molar-refractivity contribution in [3.8, 4) is 5.75 Å². The maximum atomic E-state index is 13.1. The fourth-order valence-corrected chi connectivity index (χ4v) is 5.77. The number of rotatable bonds is 12. The van der Waals surface area contributed by atoms with E-state index in [0.717, 1.165) is 22.0 Å². The van der Waals surface area contributed by atoms with Crippen LogP contribution < -0.4 is 10.1 Å². The lowest BCUT2D eigenvalue weighted by Crippen LogP contribution is -2.38. The topological polar surface area (TPSA) is 114 Å². The van der Waals surface area contributed by atoms with E-state index in [-0.39, 0.29) is 54.8 Å². The van der Waals surface area contributed by atoms with E-state index in [2.05, 4.69) is 27.9 Å². The largest absolute Gasteiger partial charge is 0.497 e. The van der Waals surface area contributed by atoms with Gasteiger partial charge >= 0.3 is 0 Å². The van der Waals surface area contributed by atoms with Crippen LogP contribution in [-0.2, 0) is 24.3 Å². The molecule has 1 aliphatic heterocycles. The van der Waals surface area contributed by atoms with E-state index in [1.807, 2.05) is 30.3 Å². The standard InChI is InChI=1S/C26H31IN2O7S/c1-34-22-8-10-23(11-9-22)37(32,33)29(12-14-30)13-15-35-25-17-19(18-2-4-20(27)5-3-18)16-24(36-25)26(31)28-21-6-7-21/h2-5,8-11,16,19,21,25,30H,6-7,12-15,17H2,1H3,(H,28,31)/t19-,25+/m0/s1. The number of methoxy groups -OCH3 is 1. The minimum Gasteiger partial charge on any atom is -0.497 e. The molecular weight excluding hydrogens is 611 g/mol. The minimum atomic E-state index is -3.86. The molecule has 1 aliphatic carbocycles. The van der Waals surface area contributed by atoms with Gasteiger partial charge in [0.25, 0.3) is 5.91 Å². The first kappa shape index (κ1) is 27.8. The van der Waals surface area contributed by atoms with Crippen molar-refractivity contribution in [3.05, 3.63) is 69.5 Å². The van der Waals surface area contributed by atoms with E-state index in [9.17, 15) is 18.3 Å². The zero-order valence-corrected chi connectivity index (χ0v) is 23.5. The minimum absolute atomic E-state index is 0.0102. The van der Waals surface area contributed by atoms with Crippen LogP contribution in [0.15, 0.2) is 65.3 Å². The number of hydrogen-bond acceptors (Lipinski definition) is 7. The number of nitrogens with one attached hydrogen (secondary N) is 1. The van der Waals surface area contributed by atoms with Crippen LogP contribution in [0.5, 0.6) is 5.75 Å². The summed E-state index contributed by atoms with van der Waals surface area (Å²) in [6, 6.07) is 14.3. The van der Waals surface area contributed by atoms with E-state index in [4.69, 9.17) is 14.2 Å². The molecule has 1 saturated carbocycles. The summed E-state index contributed by atoms with van der Waals surface area (Å²) in [5, 5.41) is 12.4. The van der Waals surface area contributed by atoms with Crippen LogP contribution in [-0.4, -0.2) is 69.5 Å². The van der Waals surface area contributed by atoms with Gasteiger partial charge in [-0.2, -0.15) is 4.31 Å². The molecule has 200 valence electrons. The molecule has 0 aromatic heterocycles. The number of aliphatic hydroxyl groups excluding tert-OH is 1. The zero-order valence-electron chi connectivity index (χ0n) is 20.5. The summed E-state index contributed by atoms with van der Waals surface area (Å²) < 4.78 is 45.5. The number of sulfonamides is 1. The van der Waals surface area contributed by atoms with Crippen molar-refractivity contribution in [2.45, 2.75) is 42.4 Å². The lowest BCUT2D eigenvalue weighted by Gasteiger charge is -2.30. The van der Waals surface area contributed by atoms with Gasteiger partial charge in [-0.25, -0.2) is 8.42 Å². The molecule has 9 nitrogen and oxygen atoms in total. The number of halogens is 1. The maximum absolute atomic E-state index is 13.1. The smallest absolute Gasteiger partial charge is 0.286 e. The highest BCUT2D eigenvalue weighted by atomic mass is 127. The van der Waals surface area contributed by atoms with Crippen molar-refractivity contribution >= 4 is 38.5 Å². The lowest BCUT2D eigenvalue weighted by atomic mass is 9.93. The second kappa shape index (κ2) is 12.6. The summed E-state index contributed by atoms with van der Waals surface area (Å²) in [6.45, 7) is -0.380. The number of benzene rings is 2. The first-order valence-corrected chi connectivity index (χ1v) is 14.6.